The summed E-state index contributed by atoms with van der Waals surface area (Å²) in [5.74, 6) is 0. The van der Waals surface area contributed by atoms with Crippen LogP contribution in [0, 0.1) is 0 Å². The van der Waals surface area contributed by atoms with Gasteiger partial charge in [0, 0.05) is 7.11 Å². The Kier molecular flexibility index (Phi) is 12.6. The summed E-state index contributed by atoms with van der Waals surface area (Å²) >= 11 is 0. The van der Waals surface area contributed by atoms with Gasteiger partial charge < -0.3 is 18.9 Å². The maximum atomic E-state index is 11.5. The lowest BCUT2D eigenvalue weighted by Crippen LogP contribution is -2.11. The second-order valence-electron chi connectivity index (χ2n) is 2.52. The molecule has 0 aromatic carbocycles. The minimum absolute atomic E-state index is 0.147. The second kappa shape index (κ2) is 12.8. The van der Waals surface area contributed by atoms with E-state index in [1.54, 1.807) is 7.11 Å². The normalized spacial score (nSPS) is 10.7. The van der Waals surface area contributed by atoms with Crippen molar-refractivity contribution in [3.05, 3.63) is 0 Å². The van der Waals surface area contributed by atoms with Crippen molar-refractivity contribution < 1.29 is 23.3 Å². The van der Waals surface area contributed by atoms with Crippen LogP contribution in [0.25, 0.3) is 0 Å². The predicted octanol–water partition coefficient (Wildman–Crippen LogP) is 0.652. The van der Waals surface area contributed by atoms with Gasteiger partial charge in [-0.3, -0.25) is 0 Å². The van der Waals surface area contributed by atoms with Crippen LogP contribution in [0.1, 0.15) is 0 Å². The first kappa shape index (κ1) is 13.8. The van der Waals surface area contributed by atoms with Crippen molar-refractivity contribution in [1.29, 1.82) is 0 Å². The molecule has 5 heteroatoms. The van der Waals surface area contributed by atoms with Crippen LogP contribution < -0.4 is 0 Å². The van der Waals surface area contributed by atoms with Gasteiger partial charge in [0.25, 0.3) is 0 Å². The summed E-state index contributed by atoms with van der Waals surface area (Å²) in [5, 5.41) is 0. The van der Waals surface area contributed by atoms with E-state index in [4.69, 9.17) is 18.9 Å². The molecule has 0 aliphatic rings. The Balaban J connectivity index is 2.78. The quantitative estimate of drug-likeness (QED) is 0.469. The summed E-state index contributed by atoms with van der Waals surface area (Å²) in [6.45, 7) is 2.87. The van der Waals surface area contributed by atoms with Gasteiger partial charge in [0.1, 0.15) is 6.67 Å². The van der Waals surface area contributed by atoms with E-state index in [-0.39, 0.29) is 6.61 Å². The summed E-state index contributed by atoms with van der Waals surface area (Å²) < 4.78 is 31.5. The highest BCUT2D eigenvalue weighted by molar-refractivity contribution is 4.33. The number of alkyl halides is 1. The molecule has 0 aliphatic heterocycles. The van der Waals surface area contributed by atoms with Crippen molar-refractivity contribution in [2.24, 2.45) is 0 Å². The molecule has 0 fully saturated rings. The lowest BCUT2D eigenvalue weighted by Gasteiger charge is -2.05. The third kappa shape index (κ3) is 11.8. The topological polar surface area (TPSA) is 36.9 Å². The van der Waals surface area contributed by atoms with Crippen molar-refractivity contribution in [1.82, 2.24) is 0 Å². The molecule has 0 aromatic rings. The number of hydrogen-bond acceptors (Lipinski definition) is 4. The van der Waals surface area contributed by atoms with Crippen LogP contribution in [0.2, 0.25) is 0 Å². The summed E-state index contributed by atoms with van der Waals surface area (Å²) in [5.41, 5.74) is 0. The van der Waals surface area contributed by atoms with Crippen LogP contribution in [-0.2, 0) is 18.9 Å². The van der Waals surface area contributed by atoms with Gasteiger partial charge in [0.05, 0.1) is 46.2 Å². The third-order valence-corrected chi connectivity index (χ3v) is 1.40. The molecule has 0 N–H and O–H groups in total. The molecule has 4 nitrogen and oxygen atoms in total. The van der Waals surface area contributed by atoms with E-state index in [1.165, 1.54) is 0 Å². The molecule has 0 unspecified atom stereocenters. The fourth-order valence-electron chi connectivity index (χ4n) is 0.739. The van der Waals surface area contributed by atoms with E-state index in [0.717, 1.165) is 0 Å². The van der Waals surface area contributed by atoms with Gasteiger partial charge in [-0.05, 0) is 0 Å². The van der Waals surface area contributed by atoms with E-state index < -0.39 is 6.67 Å². The minimum Gasteiger partial charge on any atom is -0.382 e. The summed E-state index contributed by atoms with van der Waals surface area (Å²) in [6.07, 6.45) is 0. The molecule has 0 aromatic heterocycles. The zero-order valence-electron chi connectivity index (χ0n) is 8.67. The average Bonchev–Trinajstić information content (AvgIpc) is 2.21. The monoisotopic (exact) mass is 210 g/mol. The molecule has 0 atom stereocenters. The largest absolute Gasteiger partial charge is 0.382 e. The highest BCUT2D eigenvalue weighted by Gasteiger charge is 1.90. The SMILES string of the molecule is COCCOCCOCCOCCF. The maximum absolute atomic E-state index is 11.5. The summed E-state index contributed by atoms with van der Waals surface area (Å²) in [6, 6.07) is 0. The number of ether oxygens (including phenoxy) is 4. The molecule has 0 saturated carbocycles. The molecule has 0 aliphatic carbocycles. The Bertz CT molecular complexity index is 90.8. The van der Waals surface area contributed by atoms with Crippen LogP contribution in [0.15, 0.2) is 0 Å². The van der Waals surface area contributed by atoms with Gasteiger partial charge in [0.2, 0.25) is 0 Å². The molecule has 0 bridgehead atoms. The van der Waals surface area contributed by atoms with Gasteiger partial charge in [-0.25, -0.2) is 4.39 Å². The first-order valence-corrected chi connectivity index (χ1v) is 4.70. The first-order chi connectivity index (χ1) is 6.91. The third-order valence-electron chi connectivity index (χ3n) is 1.40. The zero-order valence-corrected chi connectivity index (χ0v) is 8.67. The number of rotatable bonds is 11. The fraction of sp³-hybridized carbons (Fsp3) is 1.00. The average molecular weight is 210 g/mol. The molecule has 86 valence electrons. The van der Waals surface area contributed by atoms with E-state index in [0.29, 0.717) is 39.6 Å². The van der Waals surface area contributed by atoms with Crippen molar-refractivity contribution in [2.75, 3.05) is 60.0 Å². The minimum atomic E-state index is -0.444. The smallest absolute Gasteiger partial charge is 0.113 e. The molecular formula is C9H19FO4. The van der Waals surface area contributed by atoms with Gasteiger partial charge in [-0.15, -0.1) is 0 Å². The molecule has 0 rings (SSSR count). The van der Waals surface area contributed by atoms with Crippen molar-refractivity contribution in [3.8, 4) is 0 Å². The van der Waals surface area contributed by atoms with E-state index in [9.17, 15) is 4.39 Å². The molecule has 14 heavy (non-hydrogen) atoms. The van der Waals surface area contributed by atoms with Crippen molar-refractivity contribution >= 4 is 0 Å². The van der Waals surface area contributed by atoms with E-state index in [1.807, 2.05) is 0 Å². The molecule has 0 saturated heterocycles. The van der Waals surface area contributed by atoms with Crippen LogP contribution in [-0.4, -0.2) is 60.0 Å². The molecule has 0 amide bonds. The summed E-state index contributed by atoms with van der Waals surface area (Å²) in [7, 11) is 1.63. The van der Waals surface area contributed by atoms with Gasteiger partial charge in [-0.2, -0.15) is 0 Å². The highest BCUT2D eigenvalue weighted by atomic mass is 19.1. The Morgan fingerprint density at radius 3 is 1.57 bits per heavy atom. The van der Waals surface area contributed by atoms with Gasteiger partial charge in [-0.1, -0.05) is 0 Å². The van der Waals surface area contributed by atoms with E-state index >= 15 is 0 Å². The lowest BCUT2D eigenvalue weighted by molar-refractivity contribution is 0.00220. The molecule has 0 spiro atoms. The van der Waals surface area contributed by atoms with E-state index in [2.05, 4.69) is 0 Å². The number of hydrogen-bond donors (Lipinski definition) is 0. The summed E-state index contributed by atoms with van der Waals surface area (Å²) in [4.78, 5) is 0. The second-order valence-corrected chi connectivity index (χ2v) is 2.52. The van der Waals surface area contributed by atoms with Gasteiger partial charge >= 0.3 is 0 Å². The first-order valence-electron chi connectivity index (χ1n) is 4.70. The van der Waals surface area contributed by atoms with Crippen LogP contribution >= 0.6 is 0 Å². The zero-order chi connectivity index (χ0) is 10.5. The number of halogens is 1. The Hall–Kier alpha value is -0.230. The van der Waals surface area contributed by atoms with Crippen LogP contribution in [0.5, 0.6) is 0 Å². The standard InChI is InChI=1S/C9H19FO4/c1-11-4-5-13-8-9-14-7-6-12-3-2-10/h2-9H2,1H3. The van der Waals surface area contributed by atoms with Crippen molar-refractivity contribution in [2.45, 2.75) is 0 Å². The van der Waals surface area contributed by atoms with Crippen LogP contribution in [0.4, 0.5) is 4.39 Å². The van der Waals surface area contributed by atoms with Gasteiger partial charge in [0.15, 0.2) is 0 Å². The molecular weight excluding hydrogens is 191 g/mol. The predicted molar refractivity (Wildman–Crippen MR) is 50.3 cm³/mol. The molecule has 0 radical (unpaired) electrons. The number of methoxy groups -OCH3 is 1. The Morgan fingerprint density at radius 1 is 0.714 bits per heavy atom. The van der Waals surface area contributed by atoms with Crippen molar-refractivity contribution in [3.63, 3.8) is 0 Å². The Morgan fingerprint density at radius 2 is 1.14 bits per heavy atom. The van der Waals surface area contributed by atoms with Crippen LogP contribution in [0.3, 0.4) is 0 Å². The fourth-order valence-corrected chi connectivity index (χ4v) is 0.739. The Labute approximate surface area is 84.3 Å². The highest BCUT2D eigenvalue weighted by Crippen LogP contribution is 1.81. The molecule has 0 heterocycles. The maximum Gasteiger partial charge on any atom is 0.113 e. The lowest BCUT2D eigenvalue weighted by atomic mass is 10.7.